The third kappa shape index (κ3) is 2.79. The Morgan fingerprint density at radius 2 is 0.957 bits per heavy atom. The number of hydrogen-bond donors (Lipinski definition) is 0. The van der Waals surface area contributed by atoms with Crippen LogP contribution in [0.1, 0.15) is 16.7 Å². The number of carbonyl (C=O) groups is 1. The summed E-state index contributed by atoms with van der Waals surface area (Å²) in [7, 11) is 0. The van der Waals surface area contributed by atoms with Crippen molar-refractivity contribution in [3.63, 3.8) is 0 Å². The van der Waals surface area contributed by atoms with E-state index in [4.69, 9.17) is 3.07 Å². The zero-order valence-corrected chi connectivity index (χ0v) is 15.8. The van der Waals surface area contributed by atoms with E-state index < -0.39 is 5.41 Å². The zero-order chi connectivity index (χ0) is 16.1. The molecule has 0 N–H and O–H groups in total. The van der Waals surface area contributed by atoms with Gasteiger partial charge in [-0.3, -0.25) is 0 Å². The van der Waals surface area contributed by atoms with Gasteiger partial charge in [-0.05, 0) is 0 Å². The third-order valence-corrected chi connectivity index (χ3v) is 4.64. The van der Waals surface area contributed by atoms with Crippen LogP contribution in [0.2, 0.25) is 0 Å². The quantitative estimate of drug-likeness (QED) is 0.490. The van der Waals surface area contributed by atoms with Crippen molar-refractivity contribution in [3.05, 3.63) is 108 Å². The molecule has 0 aliphatic heterocycles. The summed E-state index contributed by atoms with van der Waals surface area (Å²) in [5.74, 6) is -0.233. The molecule has 3 aromatic carbocycles. The average Bonchev–Trinajstić information content (AvgIpc) is 2.65. The first-order valence-electron chi connectivity index (χ1n) is 7.38. The van der Waals surface area contributed by atoms with Gasteiger partial charge in [-0.2, -0.15) is 0 Å². The van der Waals surface area contributed by atoms with Crippen LogP contribution in [0.5, 0.6) is 0 Å². The van der Waals surface area contributed by atoms with Gasteiger partial charge in [-0.15, -0.1) is 0 Å². The van der Waals surface area contributed by atoms with E-state index in [1.807, 2.05) is 91.0 Å². The Morgan fingerprint density at radius 3 is 1.22 bits per heavy atom. The number of hydrogen-bond acceptors (Lipinski definition) is 2. The van der Waals surface area contributed by atoms with Gasteiger partial charge in [0.25, 0.3) is 0 Å². The first-order chi connectivity index (χ1) is 11.3. The molecule has 0 saturated heterocycles. The number of benzene rings is 3. The number of carbonyl (C=O) groups excluding carboxylic acids is 1. The van der Waals surface area contributed by atoms with Crippen LogP contribution in [0, 0.1) is 0 Å². The Kier molecular flexibility index (Phi) is 4.81. The van der Waals surface area contributed by atoms with Gasteiger partial charge in [-0.1, -0.05) is 0 Å². The molecule has 0 bridgehead atoms. The van der Waals surface area contributed by atoms with Gasteiger partial charge in [0, 0.05) is 0 Å². The summed E-state index contributed by atoms with van der Waals surface area (Å²) >= 11 is 0.427. The Labute approximate surface area is 149 Å². The van der Waals surface area contributed by atoms with Crippen LogP contribution in [0.25, 0.3) is 0 Å². The third-order valence-electron chi connectivity index (χ3n) is 4.03. The SMILES string of the molecule is O=C([O][SnH])C(c1ccccc1)(c1ccccc1)c1ccccc1. The van der Waals surface area contributed by atoms with Crippen LogP contribution >= 0.6 is 0 Å². The summed E-state index contributed by atoms with van der Waals surface area (Å²) in [6.07, 6.45) is 0. The van der Waals surface area contributed by atoms with Crippen molar-refractivity contribution in [2.75, 3.05) is 0 Å². The van der Waals surface area contributed by atoms with Gasteiger partial charge in [-0.25, -0.2) is 0 Å². The van der Waals surface area contributed by atoms with Crippen LogP contribution in [0.15, 0.2) is 91.0 Å². The molecular weight excluding hydrogens is 391 g/mol. The maximum absolute atomic E-state index is 13.0. The first-order valence-corrected chi connectivity index (χ1v) is 8.72. The summed E-state index contributed by atoms with van der Waals surface area (Å²) in [5.41, 5.74) is 1.80. The van der Waals surface area contributed by atoms with Crippen molar-refractivity contribution in [1.82, 2.24) is 0 Å². The molecule has 0 heterocycles. The van der Waals surface area contributed by atoms with Crippen molar-refractivity contribution >= 4 is 28.9 Å². The fraction of sp³-hybridized carbons (Fsp3) is 0.0500. The first kappa shape index (κ1) is 15.8. The topological polar surface area (TPSA) is 26.3 Å². The summed E-state index contributed by atoms with van der Waals surface area (Å²) in [4.78, 5) is 13.0. The van der Waals surface area contributed by atoms with Crippen molar-refractivity contribution < 1.29 is 7.87 Å². The van der Waals surface area contributed by atoms with Crippen LogP contribution in [-0.4, -0.2) is 28.9 Å². The zero-order valence-electron chi connectivity index (χ0n) is 12.6. The Bertz CT molecular complexity index is 674. The second-order valence-corrected chi connectivity index (χ2v) is 5.93. The van der Waals surface area contributed by atoms with Gasteiger partial charge in [0.2, 0.25) is 0 Å². The van der Waals surface area contributed by atoms with E-state index in [9.17, 15) is 4.79 Å². The van der Waals surface area contributed by atoms with Crippen LogP contribution in [0.3, 0.4) is 0 Å². The van der Waals surface area contributed by atoms with E-state index in [2.05, 4.69) is 0 Å². The van der Waals surface area contributed by atoms with Gasteiger partial charge in [0.15, 0.2) is 0 Å². The van der Waals surface area contributed by atoms with Crippen molar-refractivity contribution in [1.29, 1.82) is 0 Å². The van der Waals surface area contributed by atoms with Gasteiger partial charge in [0.05, 0.1) is 0 Å². The molecule has 3 heteroatoms. The molecule has 3 aromatic rings. The molecular formula is C20H16O2Sn. The molecule has 2 radical (unpaired) electrons. The fourth-order valence-corrected chi connectivity index (χ4v) is 3.51. The molecule has 0 aromatic heterocycles. The minimum absolute atomic E-state index is 0.233. The molecule has 0 fully saturated rings. The van der Waals surface area contributed by atoms with Crippen molar-refractivity contribution in [2.24, 2.45) is 0 Å². The predicted octanol–water partition coefficient (Wildman–Crippen LogP) is 3.38. The average molecular weight is 407 g/mol. The fourth-order valence-electron chi connectivity index (χ4n) is 3.01. The van der Waals surface area contributed by atoms with Crippen LogP contribution in [0.4, 0.5) is 0 Å². The standard InChI is InChI=1S/C20H16O2.Sn.H/c21-19(22)20(16-10-4-1-5-11-16,17-12-6-2-7-13-17)18-14-8-3-9-15-18;;/h1-15H,(H,21,22);;/q;+1;/p-1. The summed E-state index contributed by atoms with van der Waals surface area (Å²) < 4.78 is 5.37. The van der Waals surface area contributed by atoms with Gasteiger partial charge >= 0.3 is 150 Å². The van der Waals surface area contributed by atoms with E-state index >= 15 is 0 Å². The van der Waals surface area contributed by atoms with Crippen molar-refractivity contribution in [2.45, 2.75) is 5.41 Å². The Balaban J connectivity index is 2.38. The molecule has 2 nitrogen and oxygen atoms in total. The normalized spacial score (nSPS) is 11.0. The molecule has 3 rings (SSSR count). The predicted molar refractivity (Wildman–Crippen MR) is 92.4 cm³/mol. The molecule has 0 unspecified atom stereocenters. The number of rotatable bonds is 4. The van der Waals surface area contributed by atoms with E-state index in [1.54, 1.807) is 0 Å². The molecule has 0 saturated carbocycles. The molecule has 0 spiro atoms. The van der Waals surface area contributed by atoms with E-state index in [-0.39, 0.29) is 5.97 Å². The summed E-state index contributed by atoms with van der Waals surface area (Å²) in [5, 5.41) is 0. The summed E-state index contributed by atoms with van der Waals surface area (Å²) in [6, 6.07) is 29.5. The maximum atomic E-state index is 13.0. The monoisotopic (exact) mass is 408 g/mol. The molecule has 0 aliphatic rings. The molecule has 23 heavy (non-hydrogen) atoms. The molecule has 0 atom stereocenters. The van der Waals surface area contributed by atoms with Crippen molar-refractivity contribution in [3.8, 4) is 0 Å². The van der Waals surface area contributed by atoms with Gasteiger partial charge in [0.1, 0.15) is 0 Å². The van der Waals surface area contributed by atoms with E-state index in [1.165, 1.54) is 0 Å². The molecule has 0 amide bonds. The summed E-state index contributed by atoms with van der Waals surface area (Å²) in [6.45, 7) is 0. The second kappa shape index (κ2) is 7.00. The van der Waals surface area contributed by atoms with Crippen LogP contribution in [-0.2, 0) is 13.3 Å². The Hall–Kier alpha value is -2.07. The van der Waals surface area contributed by atoms with E-state index in [0.717, 1.165) is 16.7 Å². The Morgan fingerprint density at radius 1 is 0.652 bits per heavy atom. The molecule has 0 aliphatic carbocycles. The van der Waals surface area contributed by atoms with E-state index in [0.29, 0.717) is 22.9 Å². The minimum atomic E-state index is -0.941. The van der Waals surface area contributed by atoms with Crippen LogP contribution < -0.4 is 0 Å². The molecule has 112 valence electrons. The van der Waals surface area contributed by atoms with Gasteiger partial charge < -0.3 is 0 Å². The second-order valence-electron chi connectivity index (χ2n) is 5.25.